The molecule has 0 atom stereocenters. The van der Waals surface area contributed by atoms with E-state index >= 15 is 0 Å². The Labute approximate surface area is 174 Å². The summed E-state index contributed by atoms with van der Waals surface area (Å²) in [6, 6.07) is 39.8. The summed E-state index contributed by atoms with van der Waals surface area (Å²) >= 11 is 0. The third-order valence-corrected chi connectivity index (χ3v) is 6.57. The van der Waals surface area contributed by atoms with Gasteiger partial charge in [0.05, 0.1) is 0 Å². The van der Waals surface area contributed by atoms with Crippen molar-refractivity contribution < 1.29 is 0 Å². The third-order valence-electron chi connectivity index (χ3n) is 6.57. The molecule has 0 spiro atoms. The first-order valence-electron chi connectivity index (χ1n) is 10.5. The summed E-state index contributed by atoms with van der Waals surface area (Å²) < 4.78 is 0. The van der Waals surface area contributed by atoms with Crippen LogP contribution in [0.15, 0.2) is 109 Å². The van der Waals surface area contributed by atoms with Crippen LogP contribution in [0.1, 0.15) is 0 Å². The van der Waals surface area contributed by atoms with Gasteiger partial charge in [-0.05, 0) is 89.6 Å². The molecular formula is C30H18. The largest absolute Gasteiger partial charge is 0.0622 e. The van der Waals surface area contributed by atoms with E-state index in [0.29, 0.717) is 0 Å². The SMILES string of the molecule is c1ccc(-c2cc3c(cc2-c2ccccc2)c2cc4c5ccccc5c4cc32)cc1. The molecule has 0 aliphatic carbocycles. The molecular weight excluding hydrogens is 360 g/mol. The topological polar surface area (TPSA) is 0 Å². The van der Waals surface area contributed by atoms with Gasteiger partial charge in [-0.2, -0.15) is 0 Å². The van der Waals surface area contributed by atoms with Crippen LogP contribution in [0.4, 0.5) is 0 Å². The van der Waals surface area contributed by atoms with Crippen LogP contribution < -0.4 is 0 Å². The van der Waals surface area contributed by atoms with Crippen molar-refractivity contribution in [3.63, 3.8) is 0 Å². The standard InChI is InChI=1S/C30H18/c1-3-9-19(10-4-1)23-15-27-28(16-24(23)20-11-5-2-6-12-20)30-18-26-22-14-8-7-13-21(22)25(26)17-29(27)30/h1-18H. The van der Waals surface area contributed by atoms with Crippen LogP contribution in [0, 0.1) is 0 Å². The fourth-order valence-electron chi connectivity index (χ4n) is 5.08. The molecule has 0 unspecified atom stereocenters. The second-order valence-electron chi connectivity index (χ2n) is 8.16. The molecule has 0 fully saturated rings. The minimum absolute atomic E-state index is 1.27. The number of fused-ring (bicyclic) bond motifs is 8. The van der Waals surface area contributed by atoms with E-state index in [2.05, 4.69) is 109 Å². The Kier molecular flexibility index (Phi) is 3.09. The fourth-order valence-corrected chi connectivity index (χ4v) is 5.08. The molecule has 0 amide bonds. The van der Waals surface area contributed by atoms with E-state index in [4.69, 9.17) is 0 Å². The molecule has 0 bridgehead atoms. The van der Waals surface area contributed by atoms with Crippen LogP contribution in [-0.4, -0.2) is 0 Å². The zero-order chi connectivity index (χ0) is 19.7. The van der Waals surface area contributed by atoms with Gasteiger partial charge < -0.3 is 0 Å². The van der Waals surface area contributed by atoms with Crippen LogP contribution in [0.5, 0.6) is 0 Å². The van der Waals surface area contributed by atoms with Crippen LogP contribution in [0.2, 0.25) is 0 Å². The lowest BCUT2D eigenvalue weighted by Crippen LogP contribution is -1.93. The highest BCUT2D eigenvalue weighted by molar-refractivity contribution is 6.35. The van der Waals surface area contributed by atoms with Crippen LogP contribution in [-0.2, 0) is 0 Å². The van der Waals surface area contributed by atoms with Gasteiger partial charge in [-0.15, -0.1) is 0 Å². The number of hydrogen-bond donors (Lipinski definition) is 0. The Bertz CT molecular complexity index is 1530. The Morgan fingerprint density at radius 1 is 0.267 bits per heavy atom. The number of benzene rings is 5. The average Bonchev–Trinajstić information content (AvgIpc) is 2.81. The molecule has 0 heterocycles. The lowest BCUT2D eigenvalue weighted by atomic mass is 9.83. The summed E-state index contributed by atoms with van der Waals surface area (Å²) in [7, 11) is 0. The minimum atomic E-state index is 1.27. The van der Waals surface area contributed by atoms with Crippen molar-refractivity contribution in [1.29, 1.82) is 0 Å². The maximum absolute atomic E-state index is 2.40. The van der Waals surface area contributed by atoms with Gasteiger partial charge in [0, 0.05) is 0 Å². The highest BCUT2D eigenvalue weighted by Crippen LogP contribution is 2.46. The monoisotopic (exact) mass is 378 g/mol. The highest BCUT2D eigenvalue weighted by atomic mass is 14.2. The van der Waals surface area contributed by atoms with Gasteiger partial charge in [-0.1, -0.05) is 84.9 Å². The Morgan fingerprint density at radius 3 is 1.03 bits per heavy atom. The first-order valence-corrected chi connectivity index (χ1v) is 10.5. The van der Waals surface area contributed by atoms with Crippen LogP contribution in [0.3, 0.4) is 0 Å². The van der Waals surface area contributed by atoms with Crippen molar-refractivity contribution in [2.24, 2.45) is 0 Å². The zero-order valence-electron chi connectivity index (χ0n) is 16.4. The number of rotatable bonds is 2. The first-order chi connectivity index (χ1) is 14.9. The smallest absolute Gasteiger partial charge is 0.00921 e. The summed E-state index contributed by atoms with van der Waals surface area (Å²) in [5.41, 5.74) is 5.13. The minimum Gasteiger partial charge on any atom is -0.0622 e. The van der Waals surface area contributed by atoms with Gasteiger partial charge >= 0.3 is 0 Å². The maximum Gasteiger partial charge on any atom is -0.00921 e. The van der Waals surface area contributed by atoms with Crippen molar-refractivity contribution in [3.8, 4) is 22.3 Å². The molecule has 0 aliphatic rings. The lowest BCUT2D eigenvalue weighted by Gasteiger charge is -2.20. The van der Waals surface area contributed by atoms with E-state index in [9.17, 15) is 0 Å². The van der Waals surface area contributed by atoms with Gasteiger partial charge in [0.15, 0.2) is 0 Å². The summed E-state index contributed by atoms with van der Waals surface area (Å²) in [5, 5.41) is 11.1. The Hall–Kier alpha value is -3.90. The van der Waals surface area contributed by atoms with E-state index < -0.39 is 0 Å². The maximum atomic E-state index is 2.40. The van der Waals surface area contributed by atoms with Gasteiger partial charge in [-0.25, -0.2) is 0 Å². The molecule has 0 radical (unpaired) electrons. The predicted octanol–water partition coefficient (Wildman–Crippen LogP) is 8.51. The number of hydrogen-bond acceptors (Lipinski definition) is 0. The van der Waals surface area contributed by atoms with E-state index in [1.807, 2.05) is 0 Å². The van der Waals surface area contributed by atoms with Crippen molar-refractivity contribution in [1.82, 2.24) is 0 Å². The summed E-state index contributed by atoms with van der Waals surface area (Å²) in [6.45, 7) is 0. The van der Waals surface area contributed by atoms with Gasteiger partial charge in [0.2, 0.25) is 0 Å². The molecule has 138 valence electrons. The van der Waals surface area contributed by atoms with E-state index in [-0.39, 0.29) is 0 Å². The highest BCUT2D eigenvalue weighted by Gasteiger charge is 2.19. The van der Waals surface area contributed by atoms with Crippen molar-refractivity contribution in [2.45, 2.75) is 0 Å². The van der Waals surface area contributed by atoms with Crippen LogP contribution >= 0.6 is 0 Å². The normalized spacial score (nSPS) is 12.0. The summed E-state index contributed by atoms with van der Waals surface area (Å²) in [4.78, 5) is 0. The summed E-state index contributed by atoms with van der Waals surface area (Å²) in [6.07, 6.45) is 0. The Morgan fingerprint density at radius 2 is 0.600 bits per heavy atom. The quantitative estimate of drug-likeness (QED) is 0.283. The van der Waals surface area contributed by atoms with Crippen LogP contribution in [0.25, 0.3) is 65.3 Å². The third kappa shape index (κ3) is 2.06. The second-order valence-corrected chi connectivity index (χ2v) is 8.16. The molecule has 0 saturated heterocycles. The lowest BCUT2D eigenvalue weighted by molar-refractivity contribution is 1.61. The molecule has 7 aromatic carbocycles. The molecule has 0 saturated carbocycles. The zero-order valence-corrected chi connectivity index (χ0v) is 16.4. The van der Waals surface area contributed by atoms with Gasteiger partial charge in [-0.3, -0.25) is 0 Å². The van der Waals surface area contributed by atoms with E-state index in [1.165, 1.54) is 65.3 Å². The summed E-state index contributed by atoms with van der Waals surface area (Å²) in [5.74, 6) is 0. The molecule has 30 heavy (non-hydrogen) atoms. The molecule has 0 aromatic heterocycles. The van der Waals surface area contributed by atoms with E-state index in [1.54, 1.807) is 0 Å². The first kappa shape index (κ1) is 16.0. The fraction of sp³-hybridized carbons (Fsp3) is 0. The van der Waals surface area contributed by atoms with Gasteiger partial charge in [0.25, 0.3) is 0 Å². The molecule has 0 aliphatic heterocycles. The molecule has 7 rings (SSSR count). The average molecular weight is 378 g/mol. The molecule has 0 heteroatoms. The second kappa shape index (κ2) is 5.81. The van der Waals surface area contributed by atoms with Crippen molar-refractivity contribution >= 4 is 43.1 Å². The molecule has 0 N–H and O–H groups in total. The predicted molar refractivity (Wildman–Crippen MR) is 130 cm³/mol. The van der Waals surface area contributed by atoms with Crippen molar-refractivity contribution in [2.75, 3.05) is 0 Å². The van der Waals surface area contributed by atoms with Gasteiger partial charge in [0.1, 0.15) is 0 Å². The molecule has 7 aromatic rings. The Balaban J connectivity index is 1.56. The van der Waals surface area contributed by atoms with E-state index in [0.717, 1.165) is 0 Å². The van der Waals surface area contributed by atoms with Crippen molar-refractivity contribution in [3.05, 3.63) is 109 Å². The molecule has 0 nitrogen and oxygen atoms in total.